The van der Waals surface area contributed by atoms with Gasteiger partial charge in [-0.15, -0.1) is 0 Å². The van der Waals surface area contributed by atoms with Crippen LogP contribution in [0.3, 0.4) is 0 Å². The van der Waals surface area contributed by atoms with Crippen molar-refractivity contribution in [2.45, 2.75) is 31.9 Å². The van der Waals surface area contributed by atoms with Gasteiger partial charge in [-0.05, 0) is 0 Å². The van der Waals surface area contributed by atoms with Crippen molar-refractivity contribution in [1.29, 1.82) is 0 Å². The summed E-state index contributed by atoms with van der Waals surface area (Å²) in [5, 5.41) is 7.01. The zero-order valence-corrected chi connectivity index (χ0v) is 9.77. The molecule has 6 heteroatoms. The second kappa shape index (κ2) is 4.80. The Bertz CT molecular complexity index is 340. The average molecular weight is 227 g/mol. The van der Waals surface area contributed by atoms with Crippen molar-refractivity contribution >= 4 is 6.01 Å². The molecule has 1 aromatic rings. The summed E-state index contributed by atoms with van der Waals surface area (Å²) in [5.74, 6) is 0.965. The first-order chi connectivity index (χ1) is 7.70. The summed E-state index contributed by atoms with van der Waals surface area (Å²) in [6, 6.07) is 0.506. The molecule has 90 valence electrons. The van der Waals surface area contributed by atoms with Crippen molar-refractivity contribution in [1.82, 2.24) is 10.1 Å². The maximum Gasteiger partial charge on any atom is 0.321 e. The van der Waals surface area contributed by atoms with E-state index in [-0.39, 0.29) is 18.1 Å². The lowest BCUT2D eigenvalue weighted by Crippen LogP contribution is -2.33. The SMILES string of the molecule is CO[C@@H]1COC[C@@H]1Nc1nc(C(C)C)no1. The summed E-state index contributed by atoms with van der Waals surface area (Å²) in [7, 11) is 1.67. The van der Waals surface area contributed by atoms with Gasteiger partial charge in [0, 0.05) is 13.0 Å². The lowest BCUT2D eigenvalue weighted by Gasteiger charge is -2.15. The van der Waals surface area contributed by atoms with E-state index in [0.717, 1.165) is 0 Å². The smallest absolute Gasteiger partial charge is 0.321 e. The number of methoxy groups -OCH3 is 1. The number of ether oxygens (including phenoxy) is 2. The third kappa shape index (κ3) is 2.33. The second-order valence-corrected chi connectivity index (χ2v) is 4.17. The first-order valence-electron chi connectivity index (χ1n) is 5.41. The van der Waals surface area contributed by atoms with Crippen molar-refractivity contribution in [3.05, 3.63) is 5.82 Å². The molecule has 0 radical (unpaired) electrons. The molecule has 6 nitrogen and oxygen atoms in total. The summed E-state index contributed by atoms with van der Waals surface area (Å²) in [6.07, 6.45) is 0.0365. The van der Waals surface area contributed by atoms with E-state index < -0.39 is 0 Å². The number of nitrogens with zero attached hydrogens (tertiary/aromatic N) is 2. The highest BCUT2D eigenvalue weighted by atomic mass is 16.5. The van der Waals surface area contributed by atoms with Crippen LogP contribution in [-0.2, 0) is 9.47 Å². The van der Waals surface area contributed by atoms with Gasteiger partial charge in [0.2, 0.25) is 0 Å². The molecule has 2 atom stereocenters. The van der Waals surface area contributed by atoms with E-state index in [1.807, 2.05) is 13.8 Å². The van der Waals surface area contributed by atoms with Gasteiger partial charge >= 0.3 is 6.01 Å². The van der Waals surface area contributed by atoms with Crippen molar-refractivity contribution in [2.24, 2.45) is 0 Å². The Kier molecular flexibility index (Phi) is 3.40. The lowest BCUT2D eigenvalue weighted by molar-refractivity contribution is 0.0792. The normalized spacial score (nSPS) is 25.2. The van der Waals surface area contributed by atoms with Gasteiger partial charge in [-0.3, -0.25) is 0 Å². The number of rotatable bonds is 4. The summed E-state index contributed by atoms with van der Waals surface area (Å²) >= 11 is 0. The summed E-state index contributed by atoms with van der Waals surface area (Å²) in [6.45, 7) is 5.23. The minimum atomic E-state index is 0.0365. The minimum Gasteiger partial charge on any atom is -0.377 e. The predicted molar refractivity (Wildman–Crippen MR) is 57.4 cm³/mol. The first kappa shape index (κ1) is 11.3. The number of hydrogen-bond acceptors (Lipinski definition) is 6. The van der Waals surface area contributed by atoms with E-state index in [4.69, 9.17) is 14.0 Å². The number of anilines is 1. The van der Waals surface area contributed by atoms with Crippen LogP contribution in [-0.4, -0.2) is 42.6 Å². The van der Waals surface area contributed by atoms with Gasteiger partial charge in [0.15, 0.2) is 5.82 Å². The fourth-order valence-electron chi connectivity index (χ4n) is 1.59. The highest BCUT2D eigenvalue weighted by molar-refractivity contribution is 5.22. The average Bonchev–Trinajstić information content (AvgIpc) is 2.87. The van der Waals surface area contributed by atoms with Crippen LogP contribution >= 0.6 is 0 Å². The lowest BCUT2D eigenvalue weighted by atomic mass is 10.2. The highest BCUT2D eigenvalue weighted by Gasteiger charge is 2.29. The quantitative estimate of drug-likeness (QED) is 0.828. The van der Waals surface area contributed by atoms with E-state index in [2.05, 4.69) is 15.5 Å². The van der Waals surface area contributed by atoms with Crippen molar-refractivity contribution in [3.63, 3.8) is 0 Å². The largest absolute Gasteiger partial charge is 0.377 e. The standard InChI is InChI=1S/C10H17N3O3/c1-6(2)9-12-10(16-13-9)11-7-4-15-5-8(7)14-3/h6-8H,4-5H2,1-3H3,(H,11,12,13)/t7-,8+/m0/s1. The van der Waals surface area contributed by atoms with Crippen LogP contribution in [0.2, 0.25) is 0 Å². The molecule has 0 aliphatic carbocycles. The Balaban J connectivity index is 1.97. The highest BCUT2D eigenvalue weighted by Crippen LogP contribution is 2.17. The van der Waals surface area contributed by atoms with Gasteiger partial charge in [0.25, 0.3) is 0 Å². The van der Waals surface area contributed by atoms with Crippen LogP contribution in [0.4, 0.5) is 6.01 Å². The van der Waals surface area contributed by atoms with Crippen molar-refractivity contribution < 1.29 is 14.0 Å². The molecule has 2 rings (SSSR count). The first-order valence-corrected chi connectivity index (χ1v) is 5.41. The third-order valence-corrected chi connectivity index (χ3v) is 2.60. The minimum absolute atomic E-state index is 0.0365. The zero-order valence-electron chi connectivity index (χ0n) is 9.77. The van der Waals surface area contributed by atoms with Gasteiger partial charge in [-0.2, -0.15) is 4.98 Å². The molecule has 1 saturated heterocycles. The maximum absolute atomic E-state index is 5.31. The molecular weight excluding hydrogens is 210 g/mol. The van der Waals surface area contributed by atoms with E-state index in [9.17, 15) is 0 Å². The molecule has 0 spiro atoms. The summed E-state index contributed by atoms with van der Waals surface area (Å²) in [5.41, 5.74) is 0. The van der Waals surface area contributed by atoms with Crippen LogP contribution in [0.1, 0.15) is 25.6 Å². The zero-order chi connectivity index (χ0) is 11.5. The van der Waals surface area contributed by atoms with E-state index >= 15 is 0 Å². The van der Waals surface area contributed by atoms with E-state index in [0.29, 0.717) is 25.1 Å². The van der Waals surface area contributed by atoms with Crippen LogP contribution in [0.15, 0.2) is 4.52 Å². The summed E-state index contributed by atoms with van der Waals surface area (Å²) < 4.78 is 15.7. The molecule has 1 N–H and O–H groups in total. The van der Waals surface area contributed by atoms with Gasteiger partial charge in [0.05, 0.1) is 19.3 Å². The number of aromatic nitrogens is 2. The number of nitrogens with one attached hydrogen (secondary N) is 1. The van der Waals surface area contributed by atoms with Crippen molar-refractivity contribution in [3.8, 4) is 0 Å². The monoisotopic (exact) mass is 227 g/mol. The molecule has 1 aliphatic rings. The molecule has 1 fully saturated rings. The van der Waals surface area contributed by atoms with Crippen LogP contribution in [0, 0.1) is 0 Å². The molecule has 1 aliphatic heterocycles. The Labute approximate surface area is 94.3 Å². The molecule has 2 heterocycles. The van der Waals surface area contributed by atoms with E-state index in [1.54, 1.807) is 7.11 Å². The van der Waals surface area contributed by atoms with Gasteiger partial charge in [-0.1, -0.05) is 19.0 Å². The molecule has 0 aromatic carbocycles. The second-order valence-electron chi connectivity index (χ2n) is 4.17. The van der Waals surface area contributed by atoms with Gasteiger partial charge < -0.3 is 19.3 Å². The molecule has 16 heavy (non-hydrogen) atoms. The predicted octanol–water partition coefficient (Wildman–Crippen LogP) is 1.02. The number of hydrogen-bond donors (Lipinski definition) is 1. The topological polar surface area (TPSA) is 69.4 Å². The van der Waals surface area contributed by atoms with E-state index in [1.165, 1.54) is 0 Å². The molecule has 0 bridgehead atoms. The molecule has 1 aromatic heterocycles. The fraction of sp³-hybridized carbons (Fsp3) is 0.800. The molecular formula is C10H17N3O3. The van der Waals surface area contributed by atoms with Gasteiger partial charge in [0.1, 0.15) is 6.10 Å². The van der Waals surface area contributed by atoms with Crippen molar-refractivity contribution in [2.75, 3.05) is 25.6 Å². The molecule has 0 unspecified atom stereocenters. The van der Waals surface area contributed by atoms with Crippen LogP contribution < -0.4 is 5.32 Å². The van der Waals surface area contributed by atoms with Crippen LogP contribution in [0.25, 0.3) is 0 Å². The van der Waals surface area contributed by atoms with Gasteiger partial charge in [-0.25, -0.2) is 0 Å². The third-order valence-electron chi connectivity index (χ3n) is 2.60. The maximum atomic E-state index is 5.31. The Hall–Kier alpha value is -1.14. The fourth-order valence-corrected chi connectivity index (χ4v) is 1.59. The Morgan fingerprint density at radius 3 is 2.88 bits per heavy atom. The Morgan fingerprint density at radius 1 is 1.44 bits per heavy atom. The van der Waals surface area contributed by atoms with Crippen LogP contribution in [0.5, 0.6) is 0 Å². The molecule has 0 saturated carbocycles. The summed E-state index contributed by atoms with van der Waals surface area (Å²) in [4.78, 5) is 4.24. The molecule has 0 amide bonds. The Morgan fingerprint density at radius 2 is 2.25 bits per heavy atom.